The van der Waals surface area contributed by atoms with Crippen LogP contribution < -0.4 is 15.5 Å². The quantitative estimate of drug-likeness (QED) is 0.534. The van der Waals surface area contributed by atoms with E-state index in [1.807, 2.05) is 26.0 Å². The van der Waals surface area contributed by atoms with Gasteiger partial charge in [-0.15, -0.1) is 0 Å². The lowest BCUT2D eigenvalue weighted by Gasteiger charge is -2.07. The number of rotatable bonds is 4. The van der Waals surface area contributed by atoms with Crippen molar-refractivity contribution < 1.29 is 4.74 Å². The molecule has 1 aromatic rings. The van der Waals surface area contributed by atoms with Crippen molar-refractivity contribution in [2.75, 3.05) is 12.4 Å². The smallest absolute Gasteiger partial charge is 0.144 e. The van der Waals surface area contributed by atoms with E-state index >= 15 is 0 Å². The maximum absolute atomic E-state index is 6.80. The first-order valence-corrected chi connectivity index (χ1v) is 4.34. The van der Waals surface area contributed by atoms with E-state index in [1.165, 1.54) is 6.21 Å². The molecule has 0 atom stereocenters. The van der Waals surface area contributed by atoms with Gasteiger partial charge in [0.05, 0.1) is 7.11 Å². The fraction of sp³-hybridized carbons (Fsp3) is 0.100. The van der Waals surface area contributed by atoms with Crippen molar-refractivity contribution in [3.63, 3.8) is 0 Å². The summed E-state index contributed by atoms with van der Waals surface area (Å²) in [5.41, 5.74) is 2.06. The molecule has 0 aromatic heterocycles. The van der Waals surface area contributed by atoms with E-state index in [4.69, 9.17) is 10.1 Å². The molecule has 14 heavy (non-hydrogen) atoms. The second-order valence-electron chi connectivity index (χ2n) is 2.85. The Morgan fingerprint density at radius 3 is 2.93 bits per heavy atom. The molecule has 0 aliphatic heterocycles. The molecule has 72 valence electrons. The Kier molecular flexibility index (Phi) is 3.79. The molecular formula is C10H13BN2O. The van der Waals surface area contributed by atoms with Crippen molar-refractivity contribution >= 4 is 25.2 Å². The van der Waals surface area contributed by atoms with Crippen LogP contribution in [0.15, 0.2) is 30.5 Å². The molecule has 0 unspecified atom stereocenters. The maximum atomic E-state index is 6.80. The molecule has 2 N–H and O–H groups in total. The number of benzene rings is 1. The van der Waals surface area contributed by atoms with Crippen molar-refractivity contribution in [2.45, 2.75) is 0 Å². The number of anilines is 1. The minimum Gasteiger partial charge on any atom is -0.497 e. The molecule has 0 aliphatic rings. The number of ether oxygens (including phenoxy) is 1. The van der Waals surface area contributed by atoms with Crippen molar-refractivity contribution in [1.29, 1.82) is 5.41 Å². The third kappa shape index (κ3) is 2.66. The van der Waals surface area contributed by atoms with Crippen LogP contribution in [0, 0.1) is 5.41 Å². The molecule has 0 aliphatic carbocycles. The van der Waals surface area contributed by atoms with Gasteiger partial charge < -0.3 is 15.5 Å². The Hall–Kier alpha value is -1.71. The van der Waals surface area contributed by atoms with Crippen LogP contribution in [0.5, 0.6) is 5.75 Å². The first kappa shape index (κ1) is 10.4. The van der Waals surface area contributed by atoms with Crippen LogP contribution in [0.25, 0.3) is 0 Å². The molecule has 0 spiro atoms. The normalized spacial score (nSPS) is 10.1. The Labute approximate surface area is 84.7 Å². The molecule has 0 saturated heterocycles. The SMILES string of the molecule is Bc1ccc(N/C=C\C=N)cc1OC. The summed E-state index contributed by atoms with van der Waals surface area (Å²) in [4.78, 5) is 0. The average molecular weight is 188 g/mol. The van der Waals surface area contributed by atoms with Gasteiger partial charge in [0, 0.05) is 24.2 Å². The summed E-state index contributed by atoms with van der Waals surface area (Å²) in [6.45, 7) is 0. The van der Waals surface area contributed by atoms with Gasteiger partial charge in [-0.2, -0.15) is 0 Å². The van der Waals surface area contributed by atoms with Gasteiger partial charge in [-0.05, 0) is 17.6 Å². The Morgan fingerprint density at radius 2 is 2.29 bits per heavy atom. The zero-order valence-corrected chi connectivity index (χ0v) is 8.37. The summed E-state index contributed by atoms with van der Waals surface area (Å²) in [6, 6.07) is 5.87. The molecule has 0 heterocycles. The Balaban J connectivity index is 2.78. The Bertz CT molecular complexity index is 350. The standard InChI is InChI=1S/C10H13BN2O/c1-14-10-7-8(3-4-9(10)11)13-6-2-5-12/h2-7,12-13H,11H2,1H3/b6-2-,12-5?. The van der Waals surface area contributed by atoms with E-state index in [9.17, 15) is 0 Å². The van der Waals surface area contributed by atoms with Gasteiger partial charge in [0.15, 0.2) is 0 Å². The molecular weight excluding hydrogens is 175 g/mol. The number of allylic oxidation sites excluding steroid dienone is 1. The first-order valence-electron chi connectivity index (χ1n) is 4.34. The maximum Gasteiger partial charge on any atom is 0.144 e. The zero-order valence-electron chi connectivity index (χ0n) is 8.37. The van der Waals surface area contributed by atoms with Crippen LogP contribution in [-0.4, -0.2) is 21.2 Å². The van der Waals surface area contributed by atoms with Gasteiger partial charge in [0.2, 0.25) is 0 Å². The predicted octanol–water partition coefficient (Wildman–Crippen LogP) is 0.529. The van der Waals surface area contributed by atoms with Gasteiger partial charge in [-0.3, -0.25) is 0 Å². The van der Waals surface area contributed by atoms with Gasteiger partial charge in [0.1, 0.15) is 13.6 Å². The van der Waals surface area contributed by atoms with Crippen LogP contribution in [0.3, 0.4) is 0 Å². The zero-order chi connectivity index (χ0) is 10.4. The lowest BCUT2D eigenvalue weighted by molar-refractivity contribution is 0.418. The average Bonchev–Trinajstić information content (AvgIpc) is 2.21. The summed E-state index contributed by atoms with van der Waals surface area (Å²) in [5.74, 6) is 0.859. The summed E-state index contributed by atoms with van der Waals surface area (Å²) in [6.07, 6.45) is 4.54. The second-order valence-corrected chi connectivity index (χ2v) is 2.85. The molecule has 0 bridgehead atoms. The third-order valence-electron chi connectivity index (χ3n) is 1.85. The second kappa shape index (κ2) is 5.12. The first-order chi connectivity index (χ1) is 6.77. The topological polar surface area (TPSA) is 45.1 Å². The van der Waals surface area contributed by atoms with E-state index in [-0.39, 0.29) is 0 Å². The predicted molar refractivity (Wildman–Crippen MR) is 62.7 cm³/mol. The lowest BCUT2D eigenvalue weighted by atomic mass is 9.95. The van der Waals surface area contributed by atoms with E-state index in [0.717, 1.165) is 16.9 Å². The summed E-state index contributed by atoms with van der Waals surface area (Å²) in [7, 11) is 3.65. The number of nitrogens with one attached hydrogen (secondary N) is 2. The molecule has 4 heteroatoms. The minimum absolute atomic E-state index is 0.859. The van der Waals surface area contributed by atoms with Crippen LogP contribution in [0.1, 0.15) is 0 Å². The van der Waals surface area contributed by atoms with Crippen LogP contribution in [0.4, 0.5) is 5.69 Å². The van der Waals surface area contributed by atoms with Crippen LogP contribution in [-0.2, 0) is 0 Å². The van der Waals surface area contributed by atoms with Crippen molar-refractivity contribution in [2.24, 2.45) is 0 Å². The number of hydrogen-bond donors (Lipinski definition) is 2. The molecule has 3 nitrogen and oxygen atoms in total. The highest BCUT2D eigenvalue weighted by molar-refractivity contribution is 6.34. The van der Waals surface area contributed by atoms with Crippen molar-refractivity contribution in [3.05, 3.63) is 30.5 Å². The fourth-order valence-electron chi connectivity index (χ4n) is 1.10. The summed E-state index contributed by atoms with van der Waals surface area (Å²) < 4.78 is 5.18. The van der Waals surface area contributed by atoms with E-state index in [0.29, 0.717) is 0 Å². The van der Waals surface area contributed by atoms with Crippen LogP contribution in [0.2, 0.25) is 0 Å². The van der Waals surface area contributed by atoms with E-state index < -0.39 is 0 Å². The third-order valence-corrected chi connectivity index (χ3v) is 1.85. The molecule has 0 radical (unpaired) electrons. The largest absolute Gasteiger partial charge is 0.497 e. The van der Waals surface area contributed by atoms with Crippen LogP contribution >= 0.6 is 0 Å². The Morgan fingerprint density at radius 1 is 1.50 bits per heavy atom. The number of methoxy groups -OCH3 is 1. The molecule has 0 saturated carbocycles. The monoisotopic (exact) mass is 188 g/mol. The molecule has 0 fully saturated rings. The fourth-order valence-corrected chi connectivity index (χ4v) is 1.10. The van der Waals surface area contributed by atoms with Gasteiger partial charge in [-0.1, -0.05) is 6.07 Å². The highest BCUT2D eigenvalue weighted by Crippen LogP contribution is 2.13. The molecule has 0 amide bonds. The van der Waals surface area contributed by atoms with Gasteiger partial charge in [0.25, 0.3) is 0 Å². The van der Waals surface area contributed by atoms with Gasteiger partial charge >= 0.3 is 0 Å². The molecule has 1 rings (SSSR count). The van der Waals surface area contributed by atoms with Crippen molar-refractivity contribution in [1.82, 2.24) is 0 Å². The highest BCUT2D eigenvalue weighted by Gasteiger charge is 1.97. The summed E-state index contributed by atoms with van der Waals surface area (Å²) >= 11 is 0. The van der Waals surface area contributed by atoms with E-state index in [1.54, 1.807) is 19.4 Å². The highest BCUT2D eigenvalue weighted by atomic mass is 16.5. The number of hydrogen-bond acceptors (Lipinski definition) is 3. The van der Waals surface area contributed by atoms with Crippen molar-refractivity contribution in [3.8, 4) is 5.75 Å². The molecule has 1 aromatic carbocycles. The van der Waals surface area contributed by atoms with Gasteiger partial charge in [-0.25, -0.2) is 0 Å². The van der Waals surface area contributed by atoms with E-state index in [2.05, 4.69) is 5.32 Å². The summed E-state index contributed by atoms with van der Waals surface area (Å²) in [5, 5.41) is 9.84. The lowest BCUT2D eigenvalue weighted by Crippen LogP contribution is -2.06. The minimum atomic E-state index is 0.859.